The van der Waals surface area contributed by atoms with Gasteiger partial charge in [0.25, 0.3) is 0 Å². The number of nitrogens with one attached hydrogen (secondary N) is 2. The molecule has 0 bridgehead atoms. The first-order valence-corrected chi connectivity index (χ1v) is 8.00. The van der Waals surface area contributed by atoms with Gasteiger partial charge in [-0.3, -0.25) is 4.79 Å². The molecule has 2 aliphatic rings. The molecule has 1 aliphatic heterocycles. The molecular formula is C17H24N2O2. The maximum absolute atomic E-state index is 12.1. The average molecular weight is 288 g/mol. The second kappa shape index (κ2) is 6.48. The van der Waals surface area contributed by atoms with E-state index in [0.29, 0.717) is 12.0 Å². The fourth-order valence-electron chi connectivity index (χ4n) is 2.95. The van der Waals surface area contributed by atoms with Gasteiger partial charge in [-0.15, -0.1) is 0 Å². The Kier molecular flexibility index (Phi) is 4.44. The van der Waals surface area contributed by atoms with Crippen molar-refractivity contribution in [2.45, 2.75) is 38.7 Å². The number of ether oxygens (including phenoxy) is 1. The number of carbonyl (C=O) groups is 1. The summed E-state index contributed by atoms with van der Waals surface area (Å²) in [6.45, 7) is 3.89. The van der Waals surface area contributed by atoms with Gasteiger partial charge in [0.05, 0.1) is 6.10 Å². The average Bonchev–Trinajstić information content (AvgIpc) is 2.92. The largest absolute Gasteiger partial charge is 0.490 e. The van der Waals surface area contributed by atoms with E-state index in [1.807, 2.05) is 31.2 Å². The van der Waals surface area contributed by atoms with Gasteiger partial charge in [-0.05, 0) is 69.0 Å². The van der Waals surface area contributed by atoms with Gasteiger partial charge < -0.3 is 15.4 Å². The fourth-order valence-corrected chi connectivity index (χ4v) is 2.95. The molecule has 3 rings (SSSR count). The zero-order valence-electron chi connectivity index (χ0n) is 12.6. The summed E-state index contributed by atoms with van der Waals surface area (Å²) in [6.07, 6.45) is 5.23. The monoisotopic (exact) mass is 288 g/mol. The molecule has 114 valence electrons. The summed E-state index contributed by atoms with van der Waals surface area (Å²) in [7, 11) is 0. The summed E-state index contributed by atoms with van der Waals surface area (Å²) in [6, 6.07) is 7.74. The SMILES string of the molecule is CC(C(=O)Nc1ccc(OC2CCCC2)cc1)C1CNC1. The van der Waals surface area contributed by atoms with Crippen LogP contribution in [0.4, 0.5) is 5.69 Å². The quantitative estimate of drug-likeness (QED) is 0.876. The second-order valence-electron chi connectivity index (χ2n) is 6.24. The van der Waals surface area contributed by atoms with E-state index >= 15 is 0 Å². The Morgan fingerprint density at radius 3 is 2.48 bits per heavy atom. The van der Waals surface area contributed by atoms with E-state index in [-0.39, 0.29) is 11.8 Å². The normalized spacial score (nSPS) is 20.8. The molecule has 1 heterocycles. The van der Waals surface area contributed by atoms with Crippen molar-refractivity contribution in [3.63, 3.8) is 0 Å². The molecule has 1 aromatic carbocycles. The van der Waals surface area contributed by atoms with Crippen LogP contribution in [-0.2, 0) is 4.79 Å². The minimum absolute atomic E-state index is 0.0562. The van der Waals surface area contributed by atoms with Gasteiger partial charge in [0.1, 0.15) is 5.75 Å². The van der Waals surface area contributed by atoms with Gasteiger partial charge in [0, 0.05) is 11.6 Å². The molecule has 0 aromatic heterocycles. The molecule has 1 amide bonds. The van der Waals surface area contributed by atoms with Crippen molar-refractivity contribution in [3.8, 4) is 5.75 Å². The molecule has 2 fully saturated rings. The van der Waals surface area contributed by atoms with E-state index in [1.165, 1.54) is 12.8 Å². The van der Waals surface area contributed by atoms with Gasteiger partial charge in [0.2, 0.25) is 5.91 Å². The molecule has 21 heavy (non-hydrogen) atoms. The highest BCUT2D eigenvalue weighted by Crippen LogP contribution is 2.25. The number of rotatable bonds is 5. The lowest BCUT2D eigenvalue weighted by molar-refractivity contribution is -0.121. The lowest BCUT2D eigenvalue weighted by Crippen LogP contribution is -2.48. The summed E-state index contributed by atoms with van der Waals surface area (Å²) in [5, 5.41) is 6.20. The van der Waals surface area contributed by atoms with Crippen molar-refractivity contribution >= 4 is 11.6 Å². The van der Waals surface area contributed by atoms with Crippen LogP contribution >= 0.6 is 0 Å². The highest BCUT2D eigenvalue weighted by Gasteiger charge is 2.28. The van der Waals surface area contributed by atoms with Crippen molar-refractivity contribution in [1.29, 1.82) is 0 Å². The molecule has 2 N–H and O–H groups in total. The Balaban J connectivity index is 1.52. The highest BCUT2D eigenvalue weighted by molar-refractivity contribution is 5.92. The molecule has 0 spiro atoms. The summed E-state index contributed by atoms with van der Waals surface area (Å²) < 4.78 is 5.93. The smallest absolute Gasteiger partial charge is 0.227 e. The third kappa shape index (κ3) is 3.56. The van der Waals surface area contributed by atoms with E-state index in [4.69, 9.17) is 4.74 Å². The molecular weight excluding hydrogens is 264 g/mol. The molecule has 1 aliphatic carbocycles. The predicted molar refractivity (Wildman–Crippen MR) is 83.5 cm³/mol. The highest BCUT2D eigenvalue weighted by atomic mass is 16.5. The molecule has 4 heteroatoms. The Bertz CT molecular complexity index is 476. The van der Waals surface area contributed by atoms with Crippen LogP contribution in [-0.4, -0.2) is 25.1 Å². The van der Waals surface area contributed by atoms with E-state index in [1.54, 1.807) is 0 Å². The first-order valence-electron chi connectivity index (χ1n) is 8.00. The van der Waals surface area contributed by atoms with Crippen molar-refractivity contribution < 1.29 is 9.53 Å². The minimum atomic E-state index is 0.0562. The first-order chi connectivity index (χ1) is 10.2. The number of amides is 1. The third-order valence-corrected chi connectivity index (χ3v) is 4.66. The van der Waals surface area contributed by atoms with Gasteiger partial charge in [-0.1, -0.05) is 6.92 Å². The van der Waals surface area contributed by atoms with Crippen molar-refractivity contribution in [2.24, 2.45) is 11.8 Å². The van der Waals surface area contributed by atoms with Crippen LogP contribution in [0.1, 0.15) is 32.6 Å². The van der Waals surface area contributed by atoms with E-state index in [2.05, 4.69) is 10.6 Å². The molecule has 1 atom stereocenters. The molecule has 4 nitrogen and oxygen atoms in total. The van der Waals surface area contributed by atoms with Crippen LogP contribution in [0.15, 0.2) is 24.3 Å². The van der Waals surface area contributed by atoms with Gasteiger partial charge in [-0.25, -0.2) is 0 Å². The zero-order chi connectivity index (χ0) is 14.7. The van der Waals surface area contributed by atoms with Crippen LogP contribution in [0.5, 0.6) is 5.75 Å². The van der Waals surface area contributed by atoms with Crippen LogP contribution < -0.4 is 15.4 Å². The van der Waals surface area contributed by atoms with Crippen LogP contribution in [0.2, 0.25) is 0 Å². The molecule has 1 unspecified atom stereocenters. The van der Waals surface area contributed by atoms with Crippen molar-refractivity contribution in [1.82, 2.24) is 5.32 Å². The summed E-state index contributed by atoms with van der Waals surface area (Å²) in [4.78, 5) is 12.1. The van der Waals surface area contributed by atoms with Gasteiger partial charge in [0.15, 0.2) is 0 Å². The second-order valence-corrected chi connectivity index (χ2v) is 6.24. The predicted octanol–water partition coefficient (Wildman–Crippen LogP) is 2.80. The van der Waals surface area contributed by atoms with Crippen molar-refractivity contribution in [2.75, 3.05) is 18.4 Å². The molecule has 1 saturated heterocycles. The van der Waals surface area contributed by atoms with Crippen molar-refractivity contribution in [3.05, 3.63) is 24.3 Å². The third-order valence-electron chi connectivity index (χ3n) is 4.66. The van der Waals surface area contributed by atoms with Crippen LogP contribution in [0, 0.1) is 11.8 Å². The van der Waals surface area contributed by atoms with Crippen LogP contribution in [0.3, 0.4) is 0 Å². The number of hydrogen-bond donors (Lipinski definition) is 2. The Morgan fingerprint density at radius 1 is 1.24 bits per heavy atom. The first kappa shape index (κ1) is 14.4. The Morgan fingerprint density at radius 2 is 1.90 bits per heavy atom. The van der Waals surface area contributed by atoms with E-state index in [0.717, 1.165) is 37.4 Å². The number of benzene rings is 1. The maximum Gasteiger partial charge on any atom is 0.227 e. The fraction of sp³-hybridized carbons (Fsp3) is 0.588. The Labute approximate surface area is 126 Å². The van der Waals surface area contributed by atoms with E-state index < -0.39 is 0 Å². The molecule has 0 radical (unpaired) electrons. The van der Waals surface area contributed by atoms with Gasteiger partial charge >= 0.3 is 0 Å². The summed E-state index contributed by atoms with van der Waals surface area (Å²) in [5.41, 5.74) is 0.845. The maximum atomic E-state index is 12.1. The minimum Gasteiger partial charge on any atom is -0.490 e. The lowest BCUT2D eigenvalue weighted by atomic mass is 9.88. The van der Waals surface area contributed by atoms with Crippen LogP contribution in [0.25, 0.3) is 0 Å². The molecule has 1 saturated carbocycles. The molecule has 1 aromatic rings. The topological polar surface area (TPSA) is 50.4 Å². The Hall–Kier alpha value is -1.55. The summed E-state index contributed by atoms with van der Waals surface area (Å²) in [5.74, 6) is 1.53. The number of carbonyl (C=O) groups excluding carboxylic acids is 1. The van der Waals surface area contributed by atoms with Gasteiger partial charge in [-0.2, -0.15) is 0 Å². The number of anilines is 1. The standard InChI is InChI=1S/C17H24N2O2/c1-12(13-10-18-11-13)17(20)19-14-6-8-16(9-7-14)21-15-4-2-3-5-15/h6-9,12-13,15,18H,2-5,10-11H2,1H3,(H,19,20). The zero-order valence-corrected chi connectivity index (χ0v) is 12.6. The number of hydrogen-bond acceptors (Lipinski definition) is 3. The lowest BCUT2D eigenvalue weighted by Gasteiger charge is -2.31. The summed E-state index contributed by atoms with van der Waals surface area (Å²) >= 11 is 0. The van der Waals surface area contributed by atoms with E-state index in [9.17, 15) is 4.79 Å².